The second kappa shape index (κ2) is 17.0. The van der Waals surface area contributed by atoms with Gasteiger partial charge in [-0.1, -0.05) is 25.8 Å². The maximum absolute atomic E-state index is 13.8. The van der Waals surface area contributed by atoms with E-state index in [1.54, 1.807) is 45.2 Å². The van der Waals surface area contributed by atoms with Gasteiger partial charge in [0.05, 0.1) is 36.2 Å². The molecule has 1 atom stereocenters. The number of alkyl halides is 3. The molecule has 1 unspecified atom stereocenters. The molecule has 4 N–H and O–H groups in total. The first-order valence-corrected chi connectivity index (χ1v) is 16.7. The molecule has 1 aliphatic heterocycles. The number of carbonyl (C=O) groups excluding carboxylic acids is 2. The fourth-order valence-corrected chi connectivity index (χ4v) is 6.26. The Bertz CT molecular complexity index is 1630. The molecule has 2 heterocycles. The number of carbonyl (C=O) groups is 2. The molecule has 1 fully saturated rings. The van der Waals surface area contributed by atoms with Crippen LogP contribution in [-0.4, -0.2) is 89.7 Å². The van der Waals surface area contributed by atoms with E-state index >= 15 is 0 Å². The highest BCUT2D eigenvalue weighted by Crippen LogP contribution is 2.33. The maximum Gasteiger partial charge on any atom is 0.406 e. The number of β-amino-alcohol motifs (C(OH)–C–C–N with tert-alkyl or cyclic N) is 1. The van der Waals surface area contributed by atoms with Crippen LogP contribution in [0.4, 0.5) is 24.5 Å². The summed E-state index contributed by atoms with van der Waals surface area (Å²) in [5.74, 6) is 5.01. The van der Waals surface area contributed by atoms with Crippen LogP contribution in [0.25, 0.3) is 10.9 Å². The number of amides is 2. The zero-order chi connectivity index (χ0) is 34.8. The van der Waals surface area contributed by atoms with E-state index in [0.717, 1.165) is 42.4 Å². The van der Waals surface area contributed by atoms with Crippen molar-refractivity contribution in [2.75, 3.05) is 50.1 Å². The summed E-state index contributed by atoms with van der Waals surface area (Å²) < 4.78 is 50.1. The summed E-state index contributed by atoms with van der Waals surface area (Å²) in [6, 6.07) is 11.5. The molecule has 1 aliphatic rings. The van der Waals surface area contributed by atoms with Crippen LogP contribution < -0.4 is 14.9 Å². The number of halogens is 3. The Kier molecular flexibility index (Phi) is 13.1. The largest absolute Gasteiger partial charge is 0.506 e. The molecule has 0 saturated carbocycles. The number of nitrogens with zero attached hydrogens (tertiary/aromatic N) is 3. The zero-order valence-electron chi connectivity index (χ0n) is 27.3. The minimum Gasteiger partial charge on any atom is -0.506 e. The number of benzene rings is 2. The van der Waals surface area contributed by atoms with Crippen LogP contribution in [0.3, 0.4) is 0 Å². The fraction of sp³-hybridized carbons (Fsp3) is 0.471. The normalized spacial score (nSPS) is 14.7. The molecular weight excluding hydrogens is 647 g/mol. The quantitative estimate of drug-likeness (QED) is 0.144. The molecule has 260 valence electrons. The number of rotatable bonds is 13. The summed E-state index contributed by atoms with van der Waals surface area (Å²) in [5, 5.41) is 24.9. The van der Waals surface area contributed by atoms with Gasteiger partial charge in [0.2, 0.25) is 11.8 Å². The molecule has 0 aliphatic carbocycles. The lowest BCUT2D eigenvalue weighted by Crippen LogP contribution is -2.43. The van der Waals surface area contributed by atoms with Crippen LogP contribution in [0.2, 0.25) is 0 Å². The van der Waals surface area contributed by atoms with Gasteiger partial charge in [-0.25, -0.2) is 0 Å². The number of phenolic OH excluding ortho intramolecular Hbond substituents is 1. The lowest BCUT2D eigenvalue weighted by Gasteiger charge is -2.34. The van der Waals surface area contributed by atoms with Gasteiger partial charge in [0.15, 0.2) is 0 Å². The van der Waals surface area contributed by atoms with Crippen LogP contribution in [0.1, 0.15) is 45.2 Å². The third-order valence-corrected chi connectivity index (χ3v) is 8.78. The van der Waals surface area contributed by atoms with Crippen molar-refractivity contribution in [3.05, 3.63) is 48.2 Å². The number of methoxy groups -OCH3 is 1. The topological polar surface area (TPSA) is 119 Å². The summed E-state index contributed by atoms with van der Waals surface area (Å²) in [6.45, 7) is 4.28. The van der Waals surface area contributed by atoms with Gasteiger partial charge in [0, 0.05) is 61.6 Å². The van der Waals surface area contributed by atoms with Crippen molar-refractivity contribution >= 4 is 46.0 Å². The molecule has 0 bridgehead atoms. The summed E-state index contributed by atoms with van der Waals surface area (Å²) in [7, 11) is 1.55. The average molecular weight is 690 g/mol. The minimum absolute atomic E-state index is 0.0981. The van der Waals surface area contributed by atoms with Crippen molar-refractivity contribution in [1.82, 2.24) is 14.2 Å². The maximum atomic E-state index is 13.8. The number of phenols is 1. The molecule has 2 aromatic carbocycles. The van der Waals surface area contributed by atoms with Gasteiger partial charge >= 0.3 is 6.18 Å². The standard InChI is InChI=1S/C34H42F3N5O5S/c1-4-32(45)39-48-26-11-12-30(31(44)19-26)41(33(46)5-2)15-7-8-24-18-27-28(9-6-10-29(27)42(24)22-34(35,36)37)38-23-13-16-40(17-14-23)20-25(43)21-47-3/h6,9-12,18-19,23,25,38,43-44H,4-5,13-17,20-22H2,1-3H3,(H,39,45). The van der Waals surface area contributed by atoms with E-state index < -0.39 is 18.8 Å². The Balaban J connectivity index is 1.56. The van der Waals surface area contributed by atoms with E-state index in [9.17, 15) is 33.0 Å². The van der Waals surface area contributed by atoms with E-state index in [1.165, 1.54) is 17.0 Å². The van der Waals surface area contributed by atoms with Gasteiger partial charge in [-0.15, -0.1) is 0 Å². The monoisotopic (exact) mass is 689 g/mol. The van der Waals surface area contributed by atoms with Gasteiger partial charge in [0.1, 0.15) is 12.3 Å². The molecule has 14 heteroatoms. The molecule has 2 amide bonds. The fourth-order valence-electron chi connectivity index (χ4n) is 5.58. The first-order valence-electron chi connectivity index (χ1n) is 15.8. The van der Waals surface area contributed by atoms with Gasteiger partial charge < -0.3 is 29.7 Å². The second-order valence-electron chi connectivity index (χ2n) is 11.6. The van der Waals surface area contributed by atoms with Gasteiger partial charge in [-0.2, -0.15) is 13.2 Å². The van der Waals surface area contributed by atoms with E-state index in [-0.39, 0.29) is 54.6 Å². The van der Waals surface area contributed by atoms with Crippen molar-refractivity contribution in [3.8, 4) is 17.6 Å². The summed E-state index contributed by atoms with van der Waals surface area (Å²) in [6.07, 6.45) is -3.06. The minimum atomic E-state index is -4.50. The molecule has 1 aromatic heterocycles. The lowest BCUT2D eigenvalue weighted by atomic mass is 10.0. The van der Waals surface area contributed by atoms with Gasteiger partial charge in [0.25, 0.3) is 0 Å². The third kappa shape index (κ3) is 10.1. The summed E-state index contributed by atoms with van der Waals surface area (Å²) in [5.41, 5.74) is 1.42. The molecule has 10 nitrogen and oxygen atoms in total. The lowest BCUT2D eigenvalue weighted by molar-refractivity contribution is -0.140. The van der Waals surface area contributed by atoms with Crippen LogP contribution in [0, 0.1) is 11.8 Å². The Hall–Kier alpha value is -3.90. The number of piperidine rings is 1. The molecule has 0 radical (unpaired) electrons. The zero-order valence-corrected chi connectivity index (χ0v) is 28.1. The van der Waals surface area contributed by atoms with Crippen LogP contribution in [0.15, 0.2) is 47.4 Å². The van der Waals surface area contributed by atoms with Gasteiger partial charge in [-0.05, 0) is 67.1 Å². The number of aromatic nitrogens is 1. The molecular formula is C34H42F3N5O5S. The summed E-state index contributed by atoms with van der Waals surface area (Å²) in [4.78, 5) is 28.5. The van der Waals surface area contributed by atoms with Crippen molar-refractivity contribution < 1.29 is 37.7 Å². The molecule has 0 spiro atoms. The van der Waals surface area contributed by atoms with Crippen molar-refractivity contribution in [2.45, 2.75) is 69.3 Å². The number of aliphatic hydroxyl groups is 1. The number of hydrogen-bond donors (Lipinski definition) is 4. The smallest absolute Gasteiger partial charge is 0.406 e. The summed E-state index contributed by atoms with van der Waals surface area (Å²) >= 11 is 1.03. The predicted octanol–water partition coefficient (Wildman–Crippen LogP) is 5.12. The number of aromatic hydroxyl groups is 1. The predicted molar refractivity (Wildman–Crippen MR) is 181 cm³/mol. The highest BCUT2D eigenvalue weighted by atomic mass is 32.2. The second-order valence-corrected chi connectivity index (χ2v) is 12.4. The van der Waals surface area contributed by atoms with Crippen LogP contribution >= 0.6 is 11.9 Å². The van der Waals surface area contributed by atoms with Crippen molar-refractivity contribution in [3.63, 3.8) is 0 Å². The van der Waals surface area contributed by atoms with Crippen molar-refractivity contribution in [2.24, 2.45) is 0 Å². The SMILES string of the molecule is CCC(=O)NSc1ccc(N(CC#Cc2cc3c(NC4CCN(CC(O)COC)CC4)cccc3n2CC(F)(F)F)C(=O)CC)c(O)c1. The highest BCUT2D eigenvalue weighted by molar-refractivity contribution is 7.98. The van der Waals surface area contributed by atoms with Crippen LogP contribution in [-0.2, 0) is 20.9 Å². The van der Waals surface area contributed by atoms with Crippen LogP contribution in [0.5, 0.6) is 5.75 Å². The Morgan fingerprint density at radius 2 is 1.90 bits per heavy atom. The number of ether oxygens (including phenoxy) is 1. The van der Waals surface area contributed by atoms with E-state index in [4.69, 9.17) is 4.74 Å². The number of fused-ring (bicyclic) bond motifs is 1. The number of hydrogen-bond acceptors (Lipinski definition) is 8. The number of nitrogens with one attached hydrogen (secondary N) is 2. The van der Waals surface area contributed by atoms with Crippen molar-refractivity contribution in [1.29, 1.82) is 0 Å². The number of aliphatic hydroxyl groups excluding tert-OH is 1. The Morgan fingerprint density at radius 1 is 1.15 bits per heavy atom. The van der Waals surface area contributed by atoms with Gasteiger partial charge in [-0.3, -0.25) is 19.2 Å². The highest BCUT2D eigenvalue weighted by Gasteiger charge is 2.30. The Morgan fingerprint density at radius 3 is 2.54 bits per heavy atom. The number of anilines is 2. The van der Waals surface area contributed by atoms with E-state index in [1.807, 2.05) is 6.07 Å². The van der Waals surface area contributed by atoms with E-state index in [2.05, 4.69) is 26.8 Å². The molecule has 48 heavy (non-hydrogen) atoms. The number of likely N-dealkylation sites (tertiary alicyclic amines) is 1. The molecule has 1 saturated heterocycles. The Labute approximate surface area is 282 Å². The average Bonchev–Trinajstić information content (AvgIpc) is 3.39. The first kappa shape index (κ1) is 36.9. The molecule has 4 rings (SSSR count). The third-order valence-electron chi connectivity index (χ3n) is 7.96. The molecule has 3 aromatic rings. The first-order chi connectivity index (χ1) is 22.9. The van der Waals surface area contributed by atoms with E-state index in [0.29, 0.717) is 34.5 Å².